The highest BCUT2D eigenvalue weighted by Gasteiger charge is 2.16. The fraction of sp³-hybridized carbons (Fsp3) is 0.429. The van der Waals surface area contributed by atoms with E-state index in [2.05, 4.69) is 18.8 Å². The second kappa shape index (κ2) is 8.15. The Hall–Kier alpha value is -2.36. The molecule has 0 radical (unpaired) electrons. The zero-order valence-electron chi connectivity index (χ0n) is 16.0. The van der Waals surface area contributed by atoms with Gasteiger partial charge in [-0.3, -0.25) is 4.79 Å². The lowest BCUT2D eigenvalue weighted by Crippen LogP contribution is -2.15. The summed E-state index contributed by atoms with van der Waals surface area (Å²) in [4.78, 5) is 15.9. The fourth-order valence-electron chi connectivity index (χ4n) is 2.85. The molecule has 0 aliphatic heterocycles. The molecule has 25 heavy (non-hydrogen) atoms. The van der Waals surface area contributed by atoms with Crippen molar-refractivity contribution in [1.29, 1.82) is 0 Å². The summed E-state index contributed by atoms with van der Waals surface area (Å²) in [7, 11) is 0. The molecule has 0 amide bonds. The third-order valence-electron chi connectivity index (χ3n) is 4.29. The molecule has 0 bridgehead atoms. The Balaban J connectivity index is 2.44. The second-order valence-electron chi connectivity index (χ2n) is 6.47. The summed E-state index contributed by atoms with van der Waals surface area (Å²) in [6.07, 6.45) is 2.88. The zero-order valence-corrected chi connectivity index (χ0v) is 16.0. The minimum Gasteiger partial charge on any atom is -0.490 e. The predicted molar refractivity (Wildman–Crippen MR) is 100 cm³/mol. The van der Waals surface area contributed by atoms with Crippen molar-refractivity contribution in [2.24, 2.45) is 0 Å². The number of carbonyl (C=O) groups excluding carboxylic acids is 1. The Morgan fingerprint density at radius 1 is 1.08 bits per heavy atom. The molecular weight excluding hydrogens is 314 g/mol. The van der Waals surface area contributed by atoms with Gasteiger partial charge in [-0.2, -0.15) is 0 Å². The van der Waals surface area contributed by atoms with Crippen LogP contribution < -0.4 is 9.47 Å². The minimum atomic E-state index is 0.167. The van der Waals surface area contributed by atoms with Crippen molar-refractivity contribution in [2.75, 3.05) is 0 Å². The number of benzene rings is 1. The summed E-state index contributed by atoms with van der Waals surface area (Å²) in [5, 5.41) is 0. The first-order valence-electron chi connectivity index (χ1n) is 8.78. The van der Waals surface area contributed by atoms with Gasteiger partial charge in [0.2, 0.25) is 5.88 Å². The van der Waals surface area contributed by atoms with Crippen LogP contribution >= 0.6 is 0 Å². The van der Waals surface area contributed by atoms with Gasteiger partial charge in [0.1, 0.15) is 11.5 Å². The van der Waals surface area contributed by atoms with E-state index in [0.29, 0.717) is 17.2 Å². The second-order valence-corrected chi connectivity index (χ2v) is 6.47. The predicted octanol–water partition coefficient (Wildman–Crippen LogP) is 5.49. The first-order valence-corrected chi connectivity index (χ1v) is 8.78. The lowest BCUT2D eigenvalue weighted by atomic mass is 10.1. The van der Waals surface area contributed by atoms with E-state index in [4.69, 9.17) is 9.47 Å². The summed E-state index contributed by atoms with van der Waals surface area (Å²) < 4.78 is 12.2. The monoisotopic (exact) mass is 341 g/mol. The molecular formula is C21H27NO3. The highest BCUT2D eigenvalue weighted by molar-refractivity contribution is 5.81. The first kappa shape index (κ1) is 19.0. The molecule has 0 saturated heterocycles. The number of hydrogen-bond acceptors (Lipinski definition) is 4. The summed E-state index contributed by atoms with van der Waals surface area (Å²) in [5.41, 5.74) is 4.13. The largest absolute Gasteiger partial charge is 0.490 e. The maximum absolute atomic E-state index is 11.4. The average molecular weight is 341 g/mol. The topological polar surface area (TPSA) is 48.4 Å². The van der Waals surface area contributed by atoms with Crippen LogP contribution in [0.2, 0.25) is 0 Å². The van der Waals surface area contributed by atoms with Crippen LogP contribution in [-0.2, 0) is 0 Å². The molecule has 0 spiro atoms. The van der Waals surface area contributed by atoms with Gasteiger partial charge in [0.25, 0.3) is 0 Å². The van der Waals surface area contributed by atoms with E-state index in [1.54, 1.807) is 0 Å². The van der Waals surface area contributed by atoms with Crippen LogP contribution in [0.5, 0.6) is 17.4 Å². The third kappa shape index (κ3) is 4.38. The van der Waals surface area contributed by atoms with Crippen LogP contribution in [0.3, 0.4) is 0 Å². The number of aldehydes is 1. The molecule has 0 aliphatic rings. The minimum absolute atomic E-state index is 0.167. The molecule has 1 aromatic carbocycles. The van der Waals surface area contributed by atoms with Crippen molar-refractivity contribution in [3.05, 3.63) is 46.1 Å². The summed E-state index contributed by atoms with van der Waals surface area (Å²) in [6.45, 7) is 12.0. The molecule has 4 nitrogen and oxygen atoms in total. The number of nitrogens with zero attached hydrogens (tertiary/aromatic N) is 1. The normalized spacial score (nSPS) is 10.8. The van der Waals surface area contributed by atoms with Crippen molar-refractivity contribution in [3.63, 3.8) is 0 Å². The van der Waals surface area contributed by atoms with E-state index in [-0.39, 0.29) is 6.10 Å². The Labute approximate surface area is 150 Å². The molecule has 0 aliphatic carbocycles. The summed E-state index contributed by atoms with van der Waals surface area (Å²) in [5.74, 6) is 1.82. The van der Waals surface area contributed by atoms with Gasteiger partial charge < -0.3 is 9.47 Å². The number of carbonyl (C=O) groups is 1. The highest BCUT2D eigenvalue weighted by Crippen LogP contribution is 2.34. The van der Waals surface area contributed by atoms with E-state index in [1.807, 2.05) is 45.9 Å². The number of ether oxygens (including phenoxy) is 2. The van der Waals surface area contributed by atoms with Gasteiger partial charge in [0, 0.05) is 11.8 Å². The van der Waals surface area contributed by atoms with Crippen LogP contribution in [0.1, 0.15) is 59.4 Å². The van der Waals surface area contributed by atoms with Crippen LogP contribution in [-0.4, -0.2) is 17.4 Å². The van der Waals surface area contributed by atoms with E-state index in [0.717, 1.165) is 47.3 Å². The molecule has 0 N–H and O–H groups in total. The van der Waals surface area contributed by atoms with Crippen molar-refractivity contribution >= 4 is 6.29 Å². The third-order valence-corrected chi connectivity index (χ3v) is 4.29. The van der Waals surface area contributed by atoms with E-state index in [9.17, 15) is 4.79 Å². The lowest BCUT2D eigenvalue weighted by Gasteiger charge is -2.20. The summed E-state index contributed by atoms with van der Waals surface area (Å²) in [6, 6.07) is 5.75. The molecule has 0 unspecified atom stereocenters. The van der Waals surface area contributed by atoms with Gasteiger partial charge in [0.15, 0.2) is 6.29 Å². The maximum atomic E-state index is 11.4. The smallest absolute Gasteiger partial charge is 0.226 e. The molecule has 1 aromatic heterocycles. The summed E-state index contributed by atoms with van der Waals surface area (Å²) >= 11 is 0. The molecule has 0 saturated carbocycles. The Kier molecular flexibility index (Phi) is 6.18. The van der Waals surface area contributed by atoms with Crippen LogP contribution in [0, 0.1) is 27.7 Å². The van der Waals surface area contributed by atoms with Gasteiger partial charge in [-0.15, -0.1) is 0 Å². The fourth-order valence-corrected chi connectivity index (χ4v) is 2.85. The number of pyridine rings is 1. The molecule has 134 valence electrons. The van der Waals surface area contributed by atoms with Gasteiger partial charge >= 0.3 is 0 Å². The van der Waals surface area contributed by atoms with E-state index < -0.39 is 0 Å². The van der Waals surface area contributed by atoms with E-state index in [1.165, 1.54) is 0 Å². The van der Waals surface area contributed by atoms with Crippen LogP contribution in [0.15, 0.2) is 18.2 Å². The Morgan fingerprint density at radius 3 is 2.36 bits per heavy atom. The number of aromatic nitrogens is 1. The molecule has 2 rings (SSSR count). The molecule has 2 aromatic rings. The number of rotatable bonds is 7. The number of hydrogen-bond donors (Lipinski definition) is 0. The maximum Gasteiger partial charge on any atom is 0.226 e. The van der Waals surface area contributed by atoms with Crippen molar-refractivity contribution < 1.29 is 14.3 Å². The molecule has 0 fully saturated rings. The van der Waals surface area contributed by atoms with Gasteiger partial charge in [-0.25, -0.2) is 4.98 Å². The van der Waals surface area contributed by atoms with Crippen molar-refractivity contribution in [1.82, 2.24) is 4.98 Å². The SMILES string of the molecule is CCC(CC)Oc1cc(C)nc(Oc2c(C)cc(C)cc2C=O)c1C. The molecule has 4 heteroatoms. The quantitative estimate of drug-likeness (QED) is 0.625. The molecule has 1 heterocycles. The van der Waals surface area contributed by atoms with Crippen LogP contribution in [0.25, 0.3) is 0 Å². The zero-order chi connectivity index (χ0) is 18.6. The first-order chi connectivity index (χ1) is 11.9. The Morgan fingerprint density at radius 2 is 1.76 bits per heavy atom. The average Bonchev–Trinajstić information content (AvgIpc) is 2.58. The standard InChI is InChI=1S/C21H27NO3/c1-7-18(8-2)24-19-11-15(5)22-21(16(19)6)25-20-14(4)9-13(3)10-17(20)12-23/h9-12,18H,7-8H2,1-6H3. The Bertz CT molecular complexity index is 764. The molecule has 0 atom stereocenters. The highest BCUT2D eigenvalue weighted by atomic mass is 16.5. The van der Waals surface area contributed by atoms with Crippen LogP contribution in [0.4, 0.5) is 0 Å². The van der Waals surface area contributed by atoms with Gasteiger partial charge in [0.05, 0.1) is 17.2 Å². The van der Waals surface area contributed by atoms with Crippen molar-refractivity contribution in [2.45, 2.75) is 60.5 Å². The lowest BCUT2D eigenvalue weighted by molar-refractivity contribution is 0.112. The van der Waals surface area contributed by atoms with Gasteiger partial charge in [-0.1, -0.05) is 19.9 Å². The van der Waals surface area contributed by atoms with Crippen molar-refractivity contribution in [3.8, 4) is 17.4 Å². The van der Waals surface area contributed by atoms with E-state index >= 15 is 0 Å². The van der Waals surface area contributed by atoms with Gasteiger partial charge in [-0.05, 0) is 57.7 Å². The number of aryl methyl sites for hydroxylation is 3.